The molecule has 1 aromatic carbocycles. The van der Waals surface area contributed by atoms with Crippen LogP contribution >= 0.6 is 24.0 Å². The molecule has 2 N–H and O–H groups in total. The van der Waals surface area contributed by atoms with Crippen molar-refractivity contribution < 1.29 is 9.13 Å². The van der Waals surface area contributed by atoms with Gasteiger partial charge in [0.25, 0.3) is 0 Å². The molecule has 4 aromatic rings. The molecule has 0 bridgehead atoms. The third-order valence-electron chi connectivity index (χ3n) is 4.32. The number of aromatic nitrogens is 4. The number of hydrogen-bond donors (Lipinski definition) is 2. The van der Waals surface area contributed by atoms with Crippen molar-refractivity contribution in [2.45, 2.75) is 13.1 Å². The highest BCUT2D eigenvalue weighted by atomic mass is 127. The Morgan fingerprint density at radius 3 is 2.58 bits per heavy atom. The van der Waals surface area contributed by atoms with E-state index in [0.29, 0.717) is 30.7 Å². The maximum absolute atomic E-state index is 13.0. The lowest BCUT2D eigenvalue weighted by Crippen LogP contribution is -2.36. The van der Waals surface area contributed by atoms with E-state index in [4.69, 9.17) is 4.74 Å². The summed E-state index contributed by atoms with van der Waals surface area (Å²) >= 11 is 0. The molecular formula is C21H21FIN7O. The van der Waals surface area contributed by atoms with Crippen molar-refractivity contribution in [1.82, 2.24) is 30.2 Å². The highest BCUT2D eigenvalue weighted by Crippen LogP contribution is 2.19. The molecule has 0 radical (unpaired) electrons. The molecule has 0 fully saturated rings. The molecule has 0 unspecified atom stereocenters. The predicted octanol–water partition coefficient (Wildman–Crippen LogP) is 3.54. The van der Waals surface area contributed by atoms with E-state index in [2.05, 4.69) is 30.8 Å². The van der Waals surface area contributed by atoms with Crippen molar-refractivity contribution in [1.29, 1.82) is 0 Å². The van der Waals surface area contributed by atoms with Gasteiger partial charge in [0.15, 0.2) is 17.4 Å². The van der Waals surface area contributed by atoms with Gasteiger partial charge in [0.1, 0.15) is 11.6 Å². The minimum Gasteiger partial charge on any atom is -0.439 e. The molecule has 8 nitrogen and oxygen atoms in total. The fourth-order valence-corrected chi connectivity index (χ4v) is 2.78. The molecule has 4 rings (SSSR count). The lowest BCUT2D eigenvalue weighted by molar-refractivity contribution is 0.461. The van der Waals surface area contributed by atoms with E-state index >= 15 is 0 Å². The van der Waals surface area contributed by atoms with Gasteiger partial charge < -0.3 is 15.4 Å². The van der Waals surface area contributed by atoms with Gasteiger partial charge in [-0.3, -0.25) is 9.39 Å². The average molecular weight is 533 g/mol. The summed E-state index contributed by atoms with van der Waals surface area (Å²) in [4.78, 5) is 8.51. The summed E-state index contributed by atoms with van der Waals surface area (Å²) in [7, 11) is 1.70. The number of aliphatic imine (C=N–C) groups is 1. The molecule has 0 aliphatic carbocycles. The summed E-state index contributed by atoms with van der Waals surface area (Å²) in [5, 5.41) is 14.8. The summed E-state index contributed by atoms with van der Waals surface area (Å²) in [5.74, 6) is 2.08. The quantitative estimate of drug-likeness (QED) is 0.224. The Bertz CT molecular complexity index is 1150. The van der Waals surface area contributed by atoms with Gasteiger partial charge in [-0.1, -0.05) is 12.1 Å². The molecule has 10 heteroatoms. The van der Waals surface area contributed by atoms with Crippen LogP contribution < -0.4 is 15.4 Å². The zero-order chi connectivity index (χ0) is 20.8. The topological polar surface area (TPSA) is 88.7 Å². The van der Waals surface area contributed by atoms with Gasteiger partial charge in [0.05, 0.1) is 6.54 Å². The largest absolute Gasteiger partial charge is 0.439 e. The zero-order valence-corrected chi connectivity index (χ0v) is 19.0. The van der Waals surface area contributed by atoms with Crippen molar-refractivity contribution in [3.63, 3.8) is 0 Å². The molecule has 0 amide bonds. The van der Waals surface area contributed by atoms with Gasteiger partial charge >= 0.3 is 0 Å². The van der Waals surface area contributed by atoms with Crippen LogP contribution in [0.3, 0.4) is 0 Å². The van der Waals surface area contributed by atoms with Gasteiger partial charge in [0.2, 0.25) is 5.88 Å². The minimum atomic E-state index is -0.309. The molecular weight excluding hydrogens is 512 g/mol. The fraction of sp³-hybridized carbons (Fsp3) is 0.143. The fourth-order valence-electron chi connectivity index (χ4n) is 2.78. The third kappa shape index (κ3) is 5.87. The van der Waals surface area contributed by atoms with Crippen LogP contribution in [0.25, 0.3) is 5.65 Å². The van der Waals surface area contributed by atoms with Crippen LogP contribution in [0, 0.1) is 5.82 Å². The number of rotatable bonds is 6. The zero-order valence-electron chi connectivity index (χ0n) is 16.7. The molecule has 0 atom stereocenters. The molecule has 0 saturated carbocycles. The van der Waals surface area contributed by atoms with E-state index in [0.717, 1.165) is 17.0 Å². The van der Waals surface area contributed by atoms with Gasteiger partial charge in [-0.15, -0.1) is 34.2 Å². The number of pyridine rings is 2. The van der Waals surface area contributed by atoms with E-state index in [1.165, 1.54) is 12.1 Å². The molecule has 3 heterocycles. The van der Waals surface area contributed by atoms with Crippen molar-refractivity contribution in [3.05, 3.63) is 84.2 Å². The highest BCUT2D eigenvalue weighted by Gasteiger charge is 2.06. The Kier molecular flexibility index (Phi) is 7.70. The Labute approximate surface area is 195 Å². The van der Waals surface area contributed by atoms with Crippen molar-refractivity contribution in [2.24, 2.45) is 4.99 Å². The molecule has 3 aromatic heterocycles. The standard InChI is InChI=1S/C21H20FN7O.HI/c1-23-21(26-14-19-28-27-18-4-2-3-11-29(18)19)25-13-15-5-10-20(24-12-15)30-17-8-6-16(22)7-9-17;/h2-12H,13-14H2,1H3,(H2,23,25,26);1H. The van der Waals surface area contributed by atoms with Crippen LogP contribution in [0.15, 0.2) is 72.0 Å². The number of ether oxygens (including phenoxy) is 1. The Balaban J connectivity index is 0.00000272. The van der Waals surface area contributed by atoms with Crippen LogP contribution in [0.2, 0.25) is 0 Å². The number of nitrogens with zero attached hydrogens (tertiary/aromatic N) is 5. The van der Waals surface area contributed by atoms with E-state index in [1.807, 2.05) is 34.9 Å². The van der Waals surface area contributed by atoms with Crippen LogP contribution in [-0.4, -0.2) is 32.6 Å². The van der Waals surface area contributed by atoms with Crippen LogP contribution in [0.4, 0.5) is 4.39 Å². The Morgan fingerprint density at radius 1 is 1.03 bits per heavy atom. The lowest BCUT2D eigenvalue weighted by atomic mass is 10.3. The molecule has 0 aliphatic heterocycles. The second-order valence-corrected chi connectivity index (χ2v) is 6.39. The van der Waals surface area contributed by atoms with E-state index in [9.17, 15) is 4.39 Å². The lowest BCUT2D eigenvalue weighted by Gasteiger charge is -2.11. The van der Waals surface area contributed by atoms with E-state index in [1.54, 1.807) is 31.4 Å². The number of halogens is 2. The van der Waals surface area contributed by atoms with Gasteiger partial charge in [-0.25, -0.2) is 9.37 Å². The number of hydrogen-bond acceptors (Lipinski definition) is 5. The van der Waals surface area contributed by atoms with Gasteiger partial charge in [-0.05, 0) is 42.0 Å². The summed E-state index contributed by atoms with van der Waals surface area (Å²) in [6, 6.07) is 15.2. The number of benzene rings is 1. The van der Waals surface area contributed by atoms with Gasteiger partial charge in [0, 0.05) is 32.1 Å². The molecule has 0 saturated heterocycles. The second-order valence-electron chi connectivity index (χ2n) is 6.39. The first-order chi connectivity index (χ1) is 14.7. The highest BCUT2D eigenvalue weighted by molar-refractivity contribution is 14.0. The predicted molar refractivity (Wildman–Crippen MR) is 126 cm³/mol. The number of nitrogens with one attached hydrogen (secondary N) is 2. The number of guanidine groups is 1. The van der Waals surface area contributed by atoms with Crippen molar-refractivity contribution in [2.75, 3.05) is 7.05 Å². The first-order valence-electron chi connectivity index (χ1n) is 9.33. The monoisotopic (exact) mass is 533 g/mol. The van der Waals surface area contributed by atoms with Crippen LogP contribution in [-0.2, 0) is 13.1 Å². The van der Waals surface area contributed by atoms with Crippen molar-refractivity contribution in [3.8, 4) is 11.6 Å². The maximum atomic E-state index is 13.0. The van der Waals surface area contributed by atoms with Crippen LogP contribution in [0.5, 0.6) is 11.6 Å². The second kappa shape index (κ2) is 10.7. The first kappa shape index (κ1) is 22.4. The first-order valence-corrected chi connectivity index (χ1v) is 9.33. The Hall–Kier alpha value is -3.28. The SMILES string of the molecule is CN=C(NCc1ccc(Oc2ccc(F)cc2)nc1)NCc1nnc2ccccn12.I. The Morgan fingerprint density at radius 2 is 1.84 bits per heavy atom. The van der Waals surface area contributed by atoms with Crippen LogP contribution in [0.1, 0.15) is 11.4 Å². The summed E-state index contributed by atoms with van der Waals surface area (Å²) < 4.78 is 20.5. The average Bonchev–Trinajstić information content (AvgIpc) is 3.20. The molecule has 0 spiro atoms. The minimum absolute atomic E-state index is 0. The molecule has 160 valence electrons. The smallest absolute Gasteiger partial charge is 0.219 e. The molecule has 31 heavy (non-hydrogen) atoms. The van der Waals surface area contributed by atoms with Crippen molar-refractivity contribution >= 4 is 35.6 Å². The maximum Gasteiger partial charge on any atom is 0.219 e. The van der Waals surface area contributed by atoms with E-state index in [-0.39, 0.29) is 29.8 Å². The summed E-state index contributed by atoms with van der Waals surface area (Å²) in [6.07, 6.45) is 3.63. The van der Waals surface area contributed by atoms with E-state index < -0.39 is 0 Å². The van der Waals surface area contributed by atoms with Gasteiger partial charge in [-0.2, -0.15) is 0 Å². The normalized spacial score (nSPS) is 11.1. The number of fused-ring (bicyclic) bond motifs is 1. The summed E-state index contributed by atoms with van der Waals surface area (Å²) in [5.41, 5.74) is 1.75. The third-order valence-corrected chi connectivity index (χ3v) is 4.32. The summed E-state index contributed by atoms with van der Waals surface area (Å²) in [6.45, 7) is 1.01. The molecule has 0 aliphatic rings.